The predicted molar refractivity (Wildman–Crippen MR) is 49.5 cm³/mol. The summed E-state index contributed by atoms with van der Waals surface area (Å²) in [7, 11) is 1.61. The Morgan fingerprint density at radius 1 is 1.54 bits per heavy atom. The zero-order valence-electron chi connectivity index (χ0n) is 8.07. The van der Waals surface area contributed by atoms with Gasteiger partial charge in [-0.25, -0.2) is 0 Å². The van der Waals surface area contributed by atoms with Crippen molar-refractivity contribution in [3.63, 3.8) is 0 Å². The number of methoxy groups -OCH3 is 1. The third-order valence-electron chi connectivity index (χ3n) is 2.52. The topological polar surface area (TPSA) is 61.7 Å². The monoisotopic (exact) mass is 189 g/mol. The van der Waals surface area contributed by atoms with Crippen LogP contribution < -0.4 is 5.32 Å². The highest BCUT2D eigenvalue weighted by molar-refractivity contribution is 4.85. The highest BCUT2D eigenvalue weighted by Crippen LogP contribution is 2.19. The minimum atomic E-state index is -0.258. The number of aliphatic hydroxyl groups is 2. The first-order valence-electron chi connectivity index (χ1n) is 4.82. The second kappa shape index (κ2) is 5.54. The molecule has 0 spiro atoms. The molecule has 1 aliphatic carbocycles. The fourth-order valence-electron chi connectivity index (χ4n) is 1.79. The van der Waals surface area contributed by atoms with E-state index in [0.29, 0.717) is 6.61 Å². The maximum atomic E-state index is 9.52. The maximum absolute atomic E-state index is 9.52. The second-order valence-corrected chi connectivity index (χ2v) is 3.61. The van der Waals surface area contributed by atoms with Crippen molar-refractivity contribution in [2.24, 2.45) is 0 Å². The van der Waals surface area contributed by atoms with E-state index in [1.54, 1.807) is 7.11 Å². The smallest absolute Gasteiger partial charge is 0.0693 e. The minimum absolute atomic E-state index is 0.0526. The van der Waals surface area contributed by atoms with Crippen LogP contribution in [0.3, 0.4) is 0 Å². The van der Waals surface area contributed by atoms with Gasteiger partial charge in [0.05, 0.1) is 25.4 Å². The van der Waals surface area contributed by atoms with Gasteiger partial charge in [0.25, 0.3) is 0 Å². The molecule has 0 amide bonds. The summed E-state index contributed by atoms with van der Waals surface area (Å²) in [6.07, 6.45) is 2.65. The molecule has 0 aliphatic heterocycles. The van der Waals surface area contributed by atoms with Crippen LogP contribution in [0.1, 0.15) is 19.3 Å². The average molecular weight is 189 g/mol. The summed E-state index contributed by atoms with van der Waals surface area (Å²) in [6.45, 7) is 0.538. The summed E-state index contributed by atoms with van der Waals surface area (Å²) >= 11 is 0. The van der Waals surface area contributed by atoms with Crippen molar-refractivity contribution in [3.8, 4) is 0 Å². The first-order chi connectivity index (χ1) is 6.27. The van der Waals surface area contributed by atoms with Gasteiger partial charge in [0.15, 0.2) is 0 Å². The molecule has 3 atom stereocenters. The van der Waals surface area contributed by atoms with E-state index >= 15 is 0 Å². The fourth-order valence-corrected chi connectivity index (χ4v) is 1.79. The second-order valence-electron chi connectivity index (χ2n) is 3.61. The molecule has 3 N–H and O–H groups in total. The summed E-state index contributed by atoms with van der Waals surface area (Å²) in [4.78, 5) is 0. The van der Waals surface area contributed by atoms with Crippen molar-refractivity contribution in [1.82, 2.24) is 5.32 Å². The van der Waals surface area contributed by atoms with E-state index in [9.17, 15) is 5.11 Å². The van der Waals surface area contributed by atoms with Crippen LogP contribution in [0, 0.1) is 0 Å². The van der Waals surface area contributed by atoms with Crippen LogP contribution in [0.4, 0.5) is 0 Å². The predicted octanol–water partition coefficient (Wildman–Crippen LogP) is -0.503. The number of hydrogen-bond acceptors (Lipinski definition) is 4. The molecule has 0 aromatic rings. The van der Waals surface area contributed by atoms with Gasteiger partial charge >= 0.3 is 0 Å². The summed E-state index contributed by atoms with van der Waals surface area (Å²) < 4.78 is 4.94. The molecule has 1 saturated carbocycles. The van der Waals surface area contributed by atoms with E-state index in [1.807, 2.05) is 0 Å². The van der Waals surface area contributed by atoms with Crippen LogP contribution in [0.2, 0.25) is 0 Å². The Bertz CT molecular complexity index is 143. The van der Waals surface area contributed by atoms with Crippen LogP contribution in [0.15, 0.2) is 0 Å². The number of nitrogens with one attached hydrogen (secondary N) is 1. The lowest BCUT2D eigenvalue weighted by Crippen LogP contribution is -2.46. The van der Waals surface area contributed by atoms with Gasteiger partial charge in [-0.2, -0.15) is 0 Å². The number of ether oxygens (including phenoxy) is 1. The Morgan fingerprint density at radius 3 is 2.77 bits per heavy atom. The lowest BCUT2D eigenvalue weighted by molar-refractivity contribution is 0.0950. The van der Waals surface area contributed by atoms with Gasteiger partial charge in [0, 0.05) is 13.2 Å². The average Bonchev–Trinajstić information content (AvgIpc) is 2.51. The van der Waals surface area contributed by atoms with E-state index in [2.05, 4.69) is 5.32 Å². The van der Waals surface area contributed by atoms with Crippen LogP contribution >= 0.6 is 0 Å². The lowest BCUT2D eigenvalue weighted by Gasteiger charge is -2.22. The van der Waals surface area contributed by atoms with Crippen molar-refractivity contribution < 1.29 is 14.9 Å². The first kappa shape index (κ1) is 10.9. The molecule has 0 aromatic carbocycles. The highest BCUT2D eigenvalue weighted by atomic mass is 16.5. The molecule has 1 rings (SSSR count). The van der Waals surface area contributed by atoms with E-state index in [1.165, 1.54) is 0 Å². The first-order valence-corrected chi connectivity index (χ1v) is 4.82. The van der Waals surface area contributed by atoms with Gasteiger partial charge in [-0.15, -0.1) is 0 Å². The molecule has 0 heterocycles. The molecule has 3 unspecified atom stereocenters. The van der Waals surface area contributed by atoms with E-state index in [-0.39, 0.29) is 24.8 Å². The van der Waals surface area contributed by atoms with Gasteiger partial charge in [-0.1, -0.05) is 0 Å². The zero-order chi connectivity index (χ0) is 9.68. The van der Waals surface area contributed by atoms with E-state index in [0.717, 1.165) is 19.3 Å². The van der Waals surface area contributed by atoms with E-state index < -0.39 is 0 Å². The number of hydrogen-bond donors (Lipinski definition) is 3. The third kappa shape index (κ3) is 3.23. The Morgan fingerprint density at radius 2 is 2.31 bits per heavy atom. The zero-order valence-corrected chi connectivity index (χ0v) is 8.07. The minimum Gasteiger partial charge on any atom is -0.395 e. The summed E-state index contributed by atoms with van der Waals surface area (Å²) in [5.41, 5.74) is 0. The summed E-state index contributed by atoms with van der Waals surface area (Å²) in [6, 6.07) is 0.0787. The van der Waals surface area contributed by atoms with Gasteiger partial charge in [-0.3, -0.25) is 0 Å². The van der Waals surface area contributed by atoms with Crippen LogP contribution in [-0.4, -0.2) is 48.7 Å². The van der Waals surface area contributed by atoms with Gasteiger partial charge in [0.1, 0.15) is 0 Å². The van der Waals surface area contributed by atoms with Crippen molar-refractivity contribution in [3.05, 3.63) is 0 Å². The molecular formula is C9H19NO3. The molecule has 0 radical (unpaired) electrons. The summed E-state index contributed by atoms with van der Waals surface area (Å²) in [5.74, 6) is 0. The van der Waals surface area contributed by atoms with Crippen LogP contribution in [0.5, 0.6) is 0 Å². The largest absolute Gasteiger partial charge is 0.395 e. The maximum Gasteiger partial charge on any atom is 0.0693 e. The molecule has 13 heavy (non-hydrogen) atoms. The molecule has 0 bridgehead atoms. The molecule has 1 aliphatic rings. The highest BCUT2D eigenvalue weighted by Gasteiger charge is 2.26. The summed E-state index contributed by atoms with van der Waals surface area (Å²) in [5, 5.41) is 21.7. The molecule has 4 nitrogen and oxygen atoms in total. The van der Waals surface area contributed by atoms with Gasteiger partial charge in [0.2, 0.25) is 0 Å². The molecule has 1 fully saturated rings. The van der Waals surface area contributed by atoms with Crippen molar-refractivity contribution in [2.75, 3.05) is 20.3 Å². The normalized spacial score (nSPS) is 30.7. The Hall–Kier alpha value is -0.160. The fraction of sp³-hybridized carbons (Fsp3) is 1.00. The van der Waals surface area contributed by atoms with Crippen molar-refractivity contribution in [2.45, 2.75) is 37.5 Å². The number of aliphatic hydroxyl groups excluding tert-OH is 2. The molecule has 4 heteroatoms. The van der Waals surface area contributed by atoms with Crippen molar-refractivity contribution >= 4 is 0 Å². The van der Waals surface area contributed by atoms with Crippen LogP contribution in [-0.2, 0) is 4.74 Å². The third-order valence-corrected chi connectivity index (χ3v) is 2.52. The Balaban J connectivity index is 2.27. The van der Waals surface area contributed by atoms with Crippen LogP contribution in [0.25, 0.3) is 0 Å². The quantitative estimate of drug-likeness (QED) is 0.545. The Kier molecular flexibility index (Phi) is 4.66. The lowest BCUT2D eigenvalue weighted by atomic mass is 10.2. The van der Waals surface area contributed by atoms with Crippen molar-refractivity contribution in [1.29, 1.82) is 0 Å². The Labute approximate surface area is 78.9 Å². The SMILES string of the molecule is COCC(CO)NC1CCCC1O. The molecule has 78 valence electrons. The van der Waals surface area contributed by atoms with Gasteiger partial charge in [-0.05, 0) is 19.3 Å². The molecule has 0 saturated heterocycles. The molecule has 0 aromatic heterocycles. The van der Waals surface area contributed by atoms with Gasteiger partial charge < -0.3 is 20.3 Å². The standard InChI is InChI=1S/C9H19NO3/c1-13-6-7(5-11)10-8-3-2-4-9(8)12/h7-12H,2-6H2,1H3. The number of rotatable bonds is 5. The van der Waals surface area contributed by atoms with E-state index in [4.69, 9.17) is 9.84 Å². The molecular weight excluding hydrogens is 170 g/mol.